The molecule has 2 fully saturated rings. The van der Waals surface area contributed by atoms with E-state index in [0.717, 1.165) is 56.5 Å². The number of aromatic nitrogens is 2. The molecule has 3 heterocycles. The lowest BCUT2D eigenvalue weighted by molar-refractivity contribution is 0.0603. The number of ether oxygens (including phenoxy) is 1. The van der Waals surface area contributed by atoms with Crippen LogP contribution in [-0.2, 0) is 4.74 Å². The van der Waals surface area contributed by atoms with Gasteiger partial charge in [0.2, 0.25) is 0 Å². The summed E-state index contributed by atoms with van der Waals surface area (Å²) in [6.07, 6.45) is 3.59. The predicted octanol–water partition coefficient (Wildman–Crippen LogP) is 2.02. The first-order valence-electron chi connectivity index (χ1n) is 8.53. The zero-order valence-electron chi connectivity index (χ0n) is 13.9. The standard InChI is InChI=1S/C17H22N4O2S/c1-23-14-6-9-21(11-14)13-4-7-20(8-5-13)17(22)12-2-3-15-16(10-12)19-24-18-15/h2-3,10,13-14H,4-9,11H2,1H3/t14-/m0/s1. The van der Waals surface area contributed by atoms with Gasteiger partial charge in [0.1, 0.15) is 11.0 Å². The van der Waals surface area contributed by atoms with E-state index < -0.39 is 0 Å². The van der Waals surface area contributed by atoms with E-state index in [2.05, 4.69) is 13.6 Å². The van der Waals surface area contributed by atoms with Gasteiger partial charge in [-0.15, -0.1) is 0 Å². The van der Waals surface area contributed by atoms with Gasteiger partial charge in [0.15, 0.2) is 0 Å². The maximum Gasteiger partial charge on any atom is 0.253 e. The normalized spacial score (nSPS) is 23.2. The molecule has 0 saturated carbocycles. The molecule has 2 aliphatic heterocycles. The number of fused-ring (bicyclic) bond motifs is 1. The summed E-state index contributed by atoms with van der Waals surface area (Å²) in [5.74, 6) is 0.111. The number of carbonyl (C=O) groups excluding carboxylic acids is 1. The van der Waals surface area contributed by atoms with Crippen molar-refractivity contribution in [1.82, 2.24) is 18.5 Å². The number of carbonyl (C=O) groups is 1. The molecule has 0 unspecified atom stereocenters. The van der Waals surface area contributed by atoms with Crippen LogP contribution in [0.15, 0.2) is 18.2 Å². The van der Waals surface area contributed by atoms with E-state index in [9.17, 15) is 4.79 Å². The van der Waals surface area contributed by atoms with Crippen molar-refractivity contribution in [3.8, 4) is 0 Å². The maximum absolute atomic E-state index is 12.7. The highest BCUT2D eigenvalue weighted by molar-refractivity contribution is 7.00. The topological polar surface area (TPSA) is 58.6 Å². The van der Waals surface area contributed by atoms with Crippen LogP contribution >= 0.6 is 11.7 Å². The van der Waals surface area contributed by atoms with E-state index in [0.29, 0.717) is 17.7 Å². The van der Waals surface area contributed by atoms with Gasteiger partial charge < -0.3 is 9.64 Å². The fourth-order valence-electron chi connectivity index (χ4n) is 3.81. The van der Waals surface area contributed by atoms with Gasteiger partial charge in [0.05, 0.1) is 17.8 Å². The number of benzene rings is 1. The number of piperidine rings is 1. The molecule has 2 saturated heterocycles. The van der Waals surface area contributed by atoms with Gasteiger partial charge in [-0.2, -0.15) is 8.75 Å². The third-order valence-electron chi connectivity index (χ3n) is 5.28. The predicted molar refractivity (Wildman–Crippen MR) is 93.3 cm³/mol. The minimum Gasteiger partial charge on any atom is -0.380 e. The summed E-state index contributed by atoms with van der Waals surface area (Å²) >= 11 is 1.18. The molecule has 4 rings (SSSR count). The molecule has 0 radical (unpaired) electrons. The molecule has 128 valence electrons. The molecule has 7 heteroatoms. The molecular weight excluding hydrogens is 324 g/mol. The summed E-state index contributed by atoms with van der Waals surface area (Å²) in [5, 5.41) is 0. The van der Waals surface area contributed by atoms with Gasteiger partial charge >= 0.3 is 0 Å². The zero-order chi connectivity index (χ0) is 16.5. The Balaban J connectivity index is 1.37. The maximum atomic E-state index is 12.7. The second-order valence-electron chi connectivity index (χ2n) is 6.63. The van der Waals surface area contributed by atoms with Crippen LogP contribution in [0.2, 0.25) is 0 Å². The van der Waals surface area contributed by atoms with Crippen LogP contribution in [0.5, 0.6) is 0 Å². The Hall–Kier alpha value is -1.57. The largest absolute Gasteiger partial charge is 0.380 e. The number of likely N-dealkylation sites (tertiary alicyclic amines) is 2. The molecule has 1 amide bonds. The number of methoxy groups -OCH3 is 1. The Morgan fingerprint density at radius 2 is 1.96 bits per heavy atom. The van der Waals surface area contributed by atoms with Crippen molar-refractivity contribution < 1.29 is 9.53 Å². The number of hydrogen-bond acceptors (Lipinski definition) is 6. The van der Waals surface area contributed by atoms with Crippen LogP contribution in [-0.4, -0.2) is 69.9 Å². The number of hydrogen-bond donors (Lipinski definition) is 0. The van der Waals surface area contributed by atoms with Crippen molar-refractivity contribution in [2.75, 3.05) is 33.3 Å². The van der Waals surface area contributed by atoms with Crippen molar-refractivity contribution >= 4 is 28.7 Å². The zero-order valence-corrected chi connectivity index (χ0v) is 14.7. The highest BCUT2D eigenvalue weighted by atomic mass is 32.1. The highest BCUT2D eigenvalue weighted by Crippen LogP contribution is 2.24. The summed E-state index contributed by atoms with van der Waals surface area (Å²) in [4.78, 5) is 17.2. The molecule has 1 aromatic heterocycles. The first kappa shape index (κ1) is 15.9. The Kier molecular flexibility index (Phi) is 4.47. The van der Waals surface area contributed by atoms with E-state index in [1.807, 2.05) is 23.1 Å². The quantitative estimate of drug-likeness (QED) is 0.851. The van der Waals surface area contributed by atoms with Gasteiger partial charge in [-0.05, 0) is 37.5 Å². The molecule has 24 heavy (non-hydrogen) atoms. The minimum atomic E-state index is 0.111. The summed E-state index contributed by atoms with van der Waals surface area (Å²) in [7, 11) is 1.80. The molecule has 2 aliphatic rings. The average molecular weight is 346 g/mol. The van der Waals surface area contributed by atoms with Crippen LogP contribution in [0.25, 0.3) is 11.0 Å². The smallest absolute Gasteiger partial charge is 0.253 e. The summed E-state index contributed by atoms with van der Waals surface area (Å²) in [6.45, 7) is 3.79. The van der Waals surface area contributed by atoms with Crippen molar-refractivity contribution in [3.05, 3.63) is 23.8 Å². The fourth-order valence-corrected chi connectivity index (χ4v) is 4.33. The third-order valence-corrected chi connectivity index (χ3v) is 5.84. The first-order chi connectivity index (χ1) is 11.7. The molecule has 2 aromatic rings. The van der Waals surface area contributed by atoms with Crippen molar-refractivity contribution in [2.45, 2.75) is 31.4 Å². The highest BCUT2D eigenvalue weighted by Gasteiger charge is 2.32. The van der Waals surface area contributed by atoms with Crippen molar-refractivity contribution in [3.63, 3.8) is 0 Å². The van der Waals surface area contributed by atoms with Crippen LogP contribution in [0.4, 0.5) is 0 Å². The first-order valence-corrected chi connectivity index (χ1v) is 9.26. The molecule has 1 aromatic carbocycles. The SMILES string of the molecule is CO[C@H]1CCN(C2CCN(C(=O)c3ccc4nsnc4c3)CC2)C1. The van der Waals surface area contributed by atoms with E-state index in [4.69, 9.17) is 4.74 Å². The minimum absolute atomic E-state index is 0.111. The van der Waals surface area contributed by atoms with Crippen LogP contribution in [0.1, 0.15) is 29.6 Å². The average Bonchev–Trinajstić information content (AvgIpc) is 3.29. The number of amides is 1. The van der Waals surface area contributed by atoms with E-state index in [-0.39, 0.29) is 5.91 Å². The van der Waals surface area contributed by atoms with Gasteiger partial charge in [0, 0.05) is 44.9 Å². The number of rotatable bonds is 3. The Morgan fingerprint density at radius 3 is 2.71 bits per heavy atom. The van der Waals surface area contributed by atoms with E-state index >= 15 is 0 Å². The lowest BCUT2D eigenvalue weighted by atomic mass is 10.0. The molecular formula is C17H22N4O2S. The van der Waals surface area contributed by atoms with Gasteiger partial charge in [-0.1, -0.05) is 0 Å². The number of nitrogens with zero attached hydrogens (tertiary/aromatic N) is 4. The molecule has 0 bridgehead atoms. The van der Waals surface area contributed by atoms with Crippen LogP contribution in [0.3, 0.4) is 0 Å². The van der Waals surface area contributed by atoms with Crippen LogP contribution in [0, 0.1) is 0 Å². The molecule has 1 atom stereocenters. The van der Waals surface area contributed by atoms with Gasteiger partial charge in [-0.25, -0.2) is 0 Å². The second-order valence-corrected chi connectivity index (χ2v) is 7.16. The second kappa shape index (κ2) is 6.74. The van der Waals surface area contributed by atoms with E-state index in [1.54, 1.807) is 7.11 Å². The Bertz CT molecular complexity index is 726. The van der Waals surface area contributed by atoms with Crippen molar-refractivity contribution in [2.24, 2.45) is 0 Å². The van der Waals surface area contributed by atoms with Crippen molar-refractivity contribution in [1.29, 1.82) is 0 Å². The van der Waals surface area contributed by atoms with Crippen LogP contribution < -0.4 is 0 Å². The molecule has 0 spiro atoms. The lowest BCUT2D eigenvalue weighted by Gasteiger charge is -2.36. The monoisotopic (exact) mass is 346 g/mol. The Morgan fingerprint density at radius 1 is 1.17 bits per heavy atom. The fraction of sp³-hybridized carbons (Fsp3) is 0.588. The lowest BCUT2D eigenvalue weighted by Crippen LogP contribution is -2.46. The summed E-state index contributed by atoms with van der Waals surface area (Å²) < 4.78 is 13.9. The van der Waals surface area contributed by atoms with Gasteiger partial charge in [0.25, 0.3) is 5.91 Å². The summed E-state index contributed by atoms with van der Waals surface area (Å²) in [6, 6.07) is 6.19. The third kappa shape index (κ3) is 3.03. The Labute approximate surface area is 145 Å². The molecule has 6 nitrogen and oxygen atoms in total. The summed E-state index contributed by atoms with van der Waals surface area (Å²) in [5.41, 5.74) is 2.38. The van der Waals surface area contributed by atoms with Gasteiger partial charge in [-0.3, -0.25) is 9.69 Å². The molecule has 0 N–H and O–H groups in total. The molecule has 0 aliphatic carbocycles. The van der Waals surface area contributed by atoms with E-state index in [1.165, 1.54) is 11.7 Å².